The van der Waals surface area contributed by atoms with E-state index in [1.54, 1.807) is 36.4 Å². The largest absolute Gasteiger partial charge is 0.418 e. The van der Waals surface area contributed by atoms with E-state index in [9.17, 15) is 18.0 Å². The number of ether oxygens (including phenoxy) is 2. The molecule has 1 heterocycles. The molecule has 1 aromatic heterocycles. The molecular formula is C32H28F3NO3. The summed E-state index contributed by atoms with van der Waals surface area (Å²) in [4.78, 5) is 13.5. The van der Waals surface area contributed by atoms with Gasteiger partial charge in [-0.25, -0.2) is 0 Å². The zero-order valence-electron chi connectivity index (χ0n) is 21.6. The standard InChI is InChI=1S/C32H28F3NO3/c1-21(24-9-5-3-6-10-24)38-19-22-13-15-28-26(17-22)30(37)27-18-23(14-16-29(27)36(28)2)20-39-31(32(33,34)35)25-11-7-4-8-12-25/h3-18,21,31H,19-20H2,1-2H3. The van der Waals surface area contributed by atoms with Crippen LogP contribution in [0, 0.1) is 0 Å². The zero-order valence-corrected chi connectivity index (χ0v) is 21.6. The number of hydrogen-bond donors (Lipinski definition) is 0. The summed E-state index contributed by atoms with van der Waals surface area (Å²) in [6.07, 6.45) is -6.74. The van der Waals surface area contributed by atoms with Crippen LogP contribution in [0.3, 0.4) is 0 Å². The van der Waals surface area contributed by atoms with Gasteiger partial charge in [0.25, 0.3) is 0 Å². The maximum absolute atomic E-state index is 13.7. The highest BCUT2D eigenvalue weighted by Crippen LogP contribution is 2.36. The number of rotatable bonds is 8. The highest BCUT2D eigenvalue weighted by atomic mass is 19.4. The van der Waals surface area contributed by atoms with Gasteiger partial charge in [-0.3, -0.25) is 4.79 Å². The molecule has 0 spiro atoms. The third-order valence-electron chi connectivity index (χ3n) is 6.92. The van der Waals surface area contributed by atoms with E-state index in [1.807, 2.05) is 67.1 Å². The van der Waals surface area contributed by atoms with Gasteiger partial charge in [-0.2, -0.15) is 13.2 Å². The van der Waals surface area contributed by atoms with Gasteiger partial charge in [0.1, 0.15) is 0 Å². The number of pyridine rings is 1. The number of alkyl halides is 3. The van der Waals surface area contributed by atoms with Gasteiger partial charge in [0.2, 0.25) is 0 Å². The summed E-state index contributed by atoms with van der Waals surface area (Å²) in [6, 6.07) is 28.1. The van der Waals surface area contributed by atoms with Gasteiger partial charge in [-0.15, -0.1) is 0 Å². The Hall–Kier alpha value is -3.94. The fourth-order valence-corrected chi connectivity index (χ4v) is 4.80. The summed E-state index contributed by atoms with van der Waals surface area (Å²) in [5.41, 5.74) is 3.70. The molecule has 5 rings (SSSR count). The molecule has 0 aliphatic rings. The molecule has 4 aromatic carbocycles. The van der Waals surface area contributed by atoms with Gasteiger partial charge in [0.05, 0.1) is 30.4 Å². The highest BCUT2D eigenvalue weighted by Gasteiger charge is 2.41. The summed E-state index contributed by atoms with van der Waals surface area (Å²) in [6.45, 7) is 2.02. The van der Waals surface area contributed by atoms with Crippen LogP contribution in [0.25, 0.3) is 21.8 Å². The maximum atomic E-state index is 13.7. The fraction of sp³-hybridized carbons (Fsp3) is 0.219. The Bertz CT molecular complexity index is 1650. The van der Waals surface area contributed by atoms with Crippen LogP contribution in [-0.4, -0.2) is 10.7 Å². The van der Waals surface area contributed by atoms with Crippen molar-refractivity contribution in [2.24, 2.45) is 7.05 Å². The second-order valence-electron chi connectivity index (χ2n) is 9.60. The predicted octanol–water partition coefficient (Wildman–Crippen LogP) is 7.79. The first kappa shape index (κ1) is 26.7. The molecule has 0 radical (unpaired) electrons. The Balaban J connectivity index is 1.42. The number of aryl methyl sites for hydroxylation is 1. The topological polar surface area (TPSA) is 40.5 Å². The summed E-state index contributed by atoms with van der Waals surface area (Å²) < 4.78 is 54.4. The fourth-order valence-electron chi connectivity index (χ4n) is 4.80. The number of hydrogen-bond acceptors (Lipinski definition) is 3. The Morgan fingerprint density at radius 1 is 0.718 bits per heavy atom. The number of halogens is 3. The summed E-state index contributed by atoms with van der Waals surface area (Å²) in [7, 11) is 1.86. The van der Waals surface area contributed by atoms with E-state index in [0.29, 0.717) is 28.5 Å². The van der Waals surface area contributed by atoms with Gasteiger partial charge in [-0.05, 0) is 53.4 Å². The summed E-state index contributed by atoms with van der Waals surface area (Å²) >= 11 is 0. The molecule has 0 saturated carbocycles. The van der Waals surface area contributed by atoms with Crippen LogP contribution in [-0.2, 0) is 29.7 Å². The van der Waals surface area contributed by atoms with E-state index in [0.717, 1.165) is 16.6 Å². The Labute approximate surface area is 224 Å². The lowest BCUT2D eigenvalue weighted by molar-refractivity contribution is -0.227. The van der Waals surface area contributed by atoms with Crippen LogP contribution in [0.2, 0.25) is 0 Å². The monoisotopic (exact) mass is 531 g/mol. The number of benzene rings is 4. The number of fused-ring (bicyclic) bond motifs is 2. The average molecular weight is 532 g/mol. The Morgan fingerprint density at radius 2 is 1.21 bits per heavy atom. The van der Waals surface area contributed by atoms with E-state index in [4.69, 9.17) is 9.47 Å². The van der Waals surface area contributed by atoms with Crippen molar-refractivity contribution in [1.29, 1.82) is 0 Å². The first-order valence-electron chi connectivity index (χ1n) is 12.7. The van der Waals surface area contributed by atoms with Crippen LogP contribution >= 0.6 is 0 Å². The van der Waals surface area contributed by atoms with Gasteiger partial charge < -0.3 is 14.0 Å². The van der Waals surface area contributed by atoms with Crippen molar-refractivity contribution in [3.05, 3.63) is 130 Å². The van der Waals surface area contributed by atoms with E-state index < -0.39 is 12.3 Å². The first-order valence-corrected chi connectivity index (χ1v) is 12.7. The molecule has 0 fully saturated rings. The molecule has 0 aliphatic heterocycles. The molecule has 200 valence electrons. The second-order valence-corrected chi connectivity index (χ2v) is 9.60. The predicted molar refractivity (Wildman–Crippen MR) is 146 cm³/mol. The molecule has 0 N–H and O–H groups in total. The average Bonchev–Trinajstić information content (AvgIpc) is 2.95. The van der Waals surface area contributed by atoms with Crippen molar-refractivity contribution in [1.82, 2.24) is 4.57 Å². The number of aromatic nitrogens is 1. The molecule has 7 heteroatoms. The summed E-state index contributed by atoms with van der Waals surface area (Å²) in [5, 5.41) is 0.944. The van der Waals surface area contributed by atoms with Crippen LogP contribution in [0.1, 0.15) is 41.4 Å². The maximum Gasteiger partial charge on any atom is 0.418 e. The molecular weight excluding hydrogens is 503 g/mol. The van der Waals surface area contributed by atoms with Gasteiger partial charge in [-0.1, -0.05) is 72.8 Å². The lowest BCUT2D eigenvalue weighted by atomic mass is 10.0. The highest BCUT2D eigenvalue weighted by molar-refractivity contribution is 5.94. The minimum absolute atomic E-state index is 0.0315. The molecule has 39 heavy (non-hydrogen) atoms. The van der Waals surface area contributed by atoms with E-state index in [2.05, 4.69) is 0 Å². The van der Waals surface area contributed by atoms with E-state index in [1.165, 1.54) is 12.1 Å². The zero-order chi connectivity index (χ0) is 27.6. The van der Waals surface area contributed by atoms with Crippen LogP contribution < -0.4 is 5.43 Å². The molecule has 0 aliphatic carbocycles. The van der Waals surface area contributed by atoms with Crippen LogP contribution in [0.5, 0.6) is 0 Å². The van der Waals surface area contributed by atoms with Crippen molar-refractivity contribution < 1.29 is 22.6 Å². The lowest BCUT2D eigenvalue weighted by Crippen LogP contribution is -2.23. The normalized spacial score (nSPS) is 13.6. The molecule has 2 unspecified atom stereocenters. The smallest absolute Gasteiger partial charge is 0.369 e. The van der Waals surface area contributed by atoms with Gasteiger partial charge in [0, 0.05) is 17.8 Å². The third kappa shape index (κ3) is 5.75. The van der Waals surface area contributed by atoms with E-state index in [-0.39, 0.29) is 23.7 Å². The Kier molecular flexibility index (Phi) is 7.55. The van der Waals surface area contributed by atoms with Crippen molar-refractivity contribution in [2.75, 3.05) is 0 Å². The van der Waals surface area contributed by atoms with Crippen molar-refractivity contribution in [2.45, 2.75) is 38.5 Å². The first-order chi connectivity index (χ1) is 18.7. The van der Waals surface area contributed by atoms with Crippen molar-refractivity contribution >= 4 is 21.8 Å². The second kappa shape index (κ2) is 11.0. The van der Waals surface area contributed by atoms with Crippen LogP contribution in [0.15, 0.2) is 102 Å². The molecule has 4 nitrogen and oxygen atoms in total. The molecule has 2 atom stereocenters. The molecule has 0 amide bonds. The lowest BCUT2D eigenvalue weighted by Gasteiger charge is -2.21. The Morgan fingerprint density at radius 3 is 1.72 bits per heavy atom. The molecule has 0 saturated heterocycles. The van der Waals surface area contributed by atoms with Gasteiger partial charge >= 0.3 is 6.18 Å². The number of nitrogens with zero attached hydrogens (tertiary/aromatic N) is 1. The molecule has 5 aromatic rings. The van der Waals surface area contributed by atoms with Gasteiger partial charge in [0.15, 0.2) is 11.5 Å². The molecule has 0 bridgehead atoms. The third-order valence-corrected chi connectivity index (χ3v) is 6.92. The van der Waals surface area contributed by atoms with Crippen LogP contribution in [0.4, 0.5) is 13.2 Å². The van der Waals surface area contributed by atoms with E-state index >= 15 is 0 Å². The van der Waals surface area contributed by atoms with Crippen molar-refractivity contribution in [3.8, 4) is 0 Å². The summed E-state index contributed by atoms with van der Waals surface area (Å²) in [5.74, 6) is 0. The van der Waals surface area contributed by atoms with Crippen molar-refractivity contribution in [3.63, 3.8) is 0 Å². The SMILES string of the molecule is CC(OCc1ccc2c(c1)c(=O)c1cc(COC(c3ccccc3)C(F)(F)F)ccc1n2C)c1ccccc1. The quantitative estimate of drug-likeness (QED) is 0.192. The minimum atomic E-state index is -4.57. The minimum Gasteiger partial charge on any atom is -0.369 e.